The molecule has 1 saturated carbocycles. The standard InChI is InChI=1S/C16H33N/c1-5-7-16(17-6-2)9-8-15-11-13(3)10-14(4)12-15/h13-17H,5-12H2,1-4H3. The van der Waals surface area contributed by atoms with Crippen molar-refractivity contribution in [2.45, 2.75) is 78.7 Å². The molecule has 1 fully saturated rings. The Morgan fingerprint density at radius 3 is 2.18 bits per heavy atom. The quantitative estimate of drug-likeness (QED) is 0.683. The van der Waals surface area contributed by atoms with Crippen LogP contribution in [0.2, 0.25) is 0 Å². The maximum Gasteiger partial charge on any atom is 0.00669 e. The lowest BCUT2D eigenvalue weighted by Gasteiger charge is -2.32. The highest BCUT2D eigenvalue weighted by molar-refractivity contribution is 4.77. The number of nitrogens with one attached hydrogen (secondary N) is 1. The molecule has 1 rings (SSSR count). The van der Waals surface area contributed by atoms with Gasteiger partial charge in [-0.15, -0.1) is 0 Å². The van der Waals surface area contributed by atoms with E-state index >= 15 is 0 Å². The van der Waals surface area contributed by atoms with Gasteiger partial charge in [-0.3, -0.25) is 0 Å². The molecule has 102 valence electrons. The summed E-state index contributed by atoms with van der Waals surface area (Å²) < 4.78 is 0. The Labute approximate surface area is 109 Å². The van der Waals surface area contributed by atoms with Crippen LogP contribution in [0.3, 0.4) is 0 Å². The van der Waals surface area contributed by atoms with E-state index in [1.54, 1.807) is 0 Å². The van der Waals surface area contributed by atoms with Gasteiger partial charge < -0.3 is 5.32 Å². The van der Waals surface area contributed by atoms with E-state index in [-0.39, 0.29) is 0 Å². The molecule has 0 bridgehead atoms. The van der Waals surface area contributed by atoms with Gasteiger partial charge in [0, 0.05) is 6.04 Å². The summed E-state index contributed by atoms with van der Waals surface area (Å²) in [5, 5.41) is 3.65. The van der Waals surface area contributed by atoms with Gasteiger partial charge in [0.1, 0.15) is 0 Å². The molecule has 0 aromatic carbocycles. The van der Waals surface area contributed by atoms with Gasteiger partial charge in [0.05, 0.1) is 0 Å². The van der Waals surface area contributed by atoms with Crippen LogP contribution in [0.25, 0.3) is 0 Å². The summed E-state index contributed by atoms with van der Waals surface area (Å²) in [4.78, 5) is 0. The Bertz CT molecular complexity index is 174. The monoisotopic (exact) mass is 239 g/mol. The smallest absolute Gasteiger partial charge is 0.00669 e. The highest BCUT2D eigenvalue weighted by Gasteiger charge is 2.24. The van der Waals surface area contributed by atoms with Gasteiger partial charge in [-0.05, 0) is 62.8 Å². The lowest BCUT2D eigenvalue weighted by atomic mass is 9.74. The van der Waals surface area contributed by atoms with E-state index in [2.05, 4.69) is 33.0 Å². The predicted molar refractivity (Wildman–Crippen MR) is 77.3 cm³/mol. The summed E-state index contributed by atoms with van der Waals surface area (Å²) in [5.41, 5.74) is 0. The molecule has 0 aromatic heterocycles. The maximum atomic E-state index is 3.65. The van der Waals surface area contributed by atoms with E-state index in [1.807, 2.05) is 0 Å². The minimum Gasteiger partial charge on any atom is -0.314 e. The average molecular weight is 239 g/mol. The van der Waals surface area contributed by atoms with Gasteiger partial charge in [0.25, 0.3) is 0 Å². The molecular formula is C16H33N. The highest BCUT2D eigenvalue weighted by Crippen LogP contribution is 2.35. The van der Waals surface area contributed by atoms with E-state index in [1.165, 1.54) is 44.9 Å². The first kappa shape index (κ1) is 15.0. The molecule has 1 N–H and O–H groups in total. The molecule has 17 heavy (non-hydrogen) atoms. The van der Waals surface area contributed by atoms with Crippen LogP contribution in [-0.4, -0.2) is 12.6 Å². The molecular weight excluding hydrogens is 206 g/mol. The van der Waals surface area contributed by atoms with Gasteiger partial charge in [0.2, 0.25) is 0 Å². The van der Waals surface area contributed by atoms with Crippen molar-refractivity contribution < 1.29 is 0 Å². The fourth-order valence-corrected chi connectivity index (χ4v) is 3.77. The molecule has 1 aliphatic carbocycles. The molecule has 0 spiro atoms. The third-order valence-electron chi connectivity index (χ3n) is 4.33. The Morgan fingerprint density at radius 1 is 1.00 bits per heavy atom. The lowest BCUT2D eigenvalue weighted by molar-refractivity contribution is 0.201. The normalized spacial score (nSPS) is 31.4. The van der Waals surface area contributed by atoms with Crippen LogP contribution in [0.1, 0.15) is 72.6 Å². The molecule has 1 nitrogen and oxygen atoms in total. The molecule has 0 heterocycles. The zero-order valence-electron chi connectivity index (χ0n) is 12.5. The second-order valence-electron chi connectivity index (χ2n) is 6.40. The van der Waals surface area contributed by atoms with E-state index in [0.29, 0.717) is 0 Å². The summed E-state index contributed by atoms with van der Waals surface area (Å²) >= 11 is 0. The molecule has 1 aliphatic rings. The van der Waals surface area contributed by atoms with Crippen LogP contribution >= 0.6 is 0 Å². The highest BCUT2D eigenvalue weighted by atomic mass is 14.9. The fraction of sp³-hybridized carbons (Fsp3) is 1.00. The number of hydrogen-bond acceptors (Lipinski definition) is 1. The first-order valence-electron chi connectivity index (χ1n) is 7.89. The zero-order valence-corrected chi connectivity index (χ0v) is 12.5. The Kier molecular flexibility index (Phi) is 7.18. The molecule has 0 aromatic rings. The average Bonchev–Trinajstić information content (AvgIpc) is 2.25. The van der Waals surface area contributed by atoms with Crippen molar-refractivity contribution in [2.75, 3.05) is 6.54 Å². The second kappa shape index (κ2) is 8.13. The third kappa shape index (κ3) is 5.90. The predicted octanol–water partition coefficient (Wildman–Crippen LogP) is 4.62. The van der Waals surface area contributed by atoms with Crippen LogP contribution in [0.15, 0.2) is 0 Å². The minimum atomic E-state index is 0.775. The van der Waals surface area contributed by atoms with E-state index in [4.69, 9.17) is 0 Å². The SMILES string of the molecule is CCCC(CCC1CC(C)CC(C)C1)NCC. The molecule has 1 heteroatoms. The van der Waals surface area contributed by atoms with Gasteiger partial charge in [-0.2, -0.15) is 0 Å². The topological polar surface area (TPSA) is 12.0 Å². The molecule has 0 radical (unpaired) electrons. The minimum absolute atomic E-state index is 0.775. The van der Waals surface area contributed by atoms with Crippen LogP contribution in [-0.2, 0) is 0 Å². The summed E-state index contributed by atoms with van der Waals surface area (Å²) in [6, 6.07) is 0.775. The van der Waals surface area contributed by atoms with Crippen molar-refractivity contribution in [1.82, 2.24) is 5.32 Å². The third-order valence-corrected chi connectivity index (χ3v) is 4.33. The van der Waals surface area contributed by atoms with Crippen molar-refractivity contribution in [1.29, 1.82) is 0 Å². The molecule has 0 amide bonds. The van der Waals surface area contributed by atoms with Crippen molar-refractivity contribution >= 4 is 0 Å². The summed E-state index contributed by atoms with van der Waals surface area (Å²) in [5.74, 6) is 2.94. The molecule has 0 aliphatic heterocycles. The second-order valence-corrected chi connectivity index (χ2v) is 6.40. The number of rotatable bonds is 7. The summed E-state index contributed by atoms with van der Waals surface area (Å²) in [7, 11) is 0. The Hall–Kier alpha value is -0.0400. The van der Waals surface area contributed by atoms with Gasteiger partial charge in [-0.1, -0.05) is 34.1 Å². The van der Waals surface area contributed by atoms with Gasteiger partial charge in [0.15, 0.2) is 0 Å². The fourth-order valence-electron chi connectivity index (χ4n) is 3.77. The molecule has 0 saturated heterocycles. The lowest BCUT2D eigenvalue weighted by Crippen LogP contribution is -2.30. The van der Waals surface area contributed by atoms with Crippen LogP contribution < -0.4 is 5.32 Å². The zero-order chi connectivity index (χ0) is 12.7. The van der Waals surface area contributed by atoms with Gasteiger partial charge in [-0.25, -0.2) is 0 Å². The van der Waals surface area contributed by atoms with Crippen LogP contribution in [0.4, 0.5) is 0 Å². The first-order chi connectivity index (χ1) is 8.15. The Balaban J connectivity index is 2.27. The molecule has 3 atom stereocenters. The van der Waals surface area contributed by atoms with E-state index < -0.39 is 0 Å². The van der Waals surface area contributed by atoms with E-state index in [0.717, 1.165) is 30.3 Å². The summed E-state index contributed by atoms with van der Waals surface area (Å²) in [6.45, 7) is 10.5. The van der Waals surface area contributed by atoms with Crippen molar-refractivity contribution in [2.24, 2.45) is 17.8 Å². The van der Waals surface area contributed by atoms with E-state index in [9.17, 15) is 0 Å². The van der Waals surface area contributed by atoms with Gasteiger partial charge >= 0.3 is 0 Å². The molecule has 3 unspecified atom stereocenters. The number of hydrogen-bond donors (Lipinski definition) is 1. The summed E-state index contributed by atoms with van der Waals surface area (Å²) in [6.07, 6.45) is 9.94. The van der Waals surface area contributed by atoms with Crippen LogP contribution in [0, 0.1) is 17.8 Å². The Morgan fingerprint density at radius 2 is 1.65 bits per heavy atom. The van der Waals surface area contributed by atoms with Crippen molar-refractivity contribution in [3.8, 4) is 0 Å². The largest absolute Gasteiger partial charge is 0.314 e. The van der Waals surface area contributed by atoms with Crippen LogP contribution in [0.5, 0.6) is 0 Å². The van der Waals surface area contributed by atoms with Crippen molar-refractivity contribution in [3.05, 3.63) is 0 Å². The maximum absolute atomic E-state index is 3.65. The van der Waals surface area contributed by atoms with Crippen molar-refractivity contribution in [3.63, 3.8) is 0 Å². The first-order valence-corrected chi connectivity index (χ1v) is 7.89.